The number of hydrogen-bond acceptors (Lipinski definition) is 5. The number of rotatable bonds is 5. The Bertz CT molecular complexity index is 830. The molecule has 0 atom stereocenters. The Labute approximate surface area is 163 Å². The Morgan fingerprint density at radius 2 is 1.57 bits per heavy atom. The Morgan fingerprint density at radius 3 is 2.21 bits per heavy atom. The quantitative estimate of drug-likeness (QED) is 0.862. The van der Waals surface area contributed by atoms with Crippen molar-refractivity contribution in [3.63, 3.8) is 0 Å². The van der Waals surface area contributed by atoms with E-state index in [1.165, 1.54) is 0 Å². The van der Waals surface area contributed by atoms with Gasteiger partial charge >= 0.3 is 6.09 Å². The molecule has 0 aromatic heterocycles. The molecule has 0 saturated carbocycles. The molecule has 2 saturated heterocycles. The van der Waals surface area contributed by atoms with E-state index >= 15 is 0 Å². The molecule has 4 rings (SSSR count). The van der Waals surface area contributed by atoms with E-state index in [4.69, 9.17) is 9.47 Å². The average Bonchev–Trinajstić information content (AvgIpc) is 3.16. The number of anilines is 3. The van der Waals surface area contributed by atoms with Crippen LogP contribution < -0.4 is 15.1 Å². The number of carbonyl (C=O) groups is 2. The van der Waals surface area contributed by atoms with Crippen LogP contribution in [0.3, 0.4) is 0 Å². The van der Waals surface area contributed by atoms with Crippen molar-refractivity contribution in [1.82, 2.24) is 0 Å². The maximum Gasteiger partial charge on any atom is 0.414 e. The molecular formula is C21H23N3O4. The summed E-state index contributed by atoms with van der Waals surface area (Å²) in [5.74, 6) is -0.0764. The van der Waals surface area contributed by atoms with Crippen LogP contribution in [-0.2, 0) is 20.7 Å². The molecule has 0 radical (unpaired) electrons. The van der Waals surface area contributed by atoms with Crippen molar-refractivity contribution in [3.05, 3.63) is 54.1 Å². The van der Waals surface area contributed by atoms with E-state index in [9.17, 15) is 9.59 Å². The van der Waals surface area contributed by atoms with Gasteiger partial charge in [0.05, 0.1) is 26.2 Å². The van der Waals surface area contributed by atoms with Gasteiger partial charge in [-0.2, -0.15) is 0 Å². The largest absolute Gasteiger partial charge is 0.447 e. The number of cyclic esters (lactones) is 1. The van der Waals surface area contributed by atoms with E-state index in [2.05, 4.69) is 22.3 Å². The molecule has 7 nitrogen and oxygen atoms in total. The van der Waals surface area contributed by atoms with Crippen molar-refractivity contribution in [1.29, 1.82) is 0 Å². The molecule has 28 heavy (non-hydrogen) atoms. The summed E-state index contributed by atoms with van der Waals surface area (Å²) in [6.07, 6.45) is -0.0267. The summed E-state index contributed by atoms with van der Waals surface area (Å²) in [6.45, 7) is 4.24. The summed E-state index contributed by atoms with van der Waals surface area (Å²) < 4.78 is 10.3. The molecule has 146 valence electrons. The molecule has 2 aromatic carbocycles. The zero-order valence-electron chi connectivity index (χ0n) is 15.6. The average molecular weight is 381 g/mol. The van der Waals surface area contributed by atoms with E-state index in [-0.39, 0.29) is 12.0 Å². The number of nitrogens with one attached hydrogen (secondary N) is 1. The molecular weight excluding hydrogens is 358 g/mol. The predicted octanol–water partition coefficient (Wildman–Crippen LogP) is 2.66. The molecule has 2 aliphatic rings. The number of carbonyl (C=O) groups excluding carboxylic acids is 2. The first-order chi connectivity index (χ1) is 13.7. The fourth-order valence-electron chi connectivity index (χ4n) is 3.39. The molecule has 0 bridgehead atoms. The Balaban J connectivity index is 1.32. The van der Waals surface area contributed by atoms with E-state index in [0.29, 0.717) is 25.3 Å². The van der Waals surface area contributed by atoms with E-state index in [0.717, 1.165) is 43.2 Å². The molecule has 2 aromatic rings. The zero-order valence-corrected chi connectivity index (χ0v) is 15.6. The minimum atomic E-state index is -0.336. The maximum absolute atomic E-state index is 12.3. The van der Waals surface area contributed by atoms with Gasteiger partial charge in [0.1, 0.15) is 6.61 Å². The van der Waals surface area contributed by atoms with Crippen LogP contribution in [0.15, 0.2) is 48.5 Å². The van der Waals surface area contributed by atoms with Crippen molar-refractivity contribution < 1.29 is 19.1 Å². The van der Waals surface area contributed by atoms with Gasteiger partial charge in [0.15, 0.2) is 0 Å². The van der Waals surface area contributed by atoms with Crippen LogP contribution in [0, 0.1) is 0 Å². The second kappa shape index (κ2) is 8.31. The van der Waals surface area contributed by atoms with Gasteiger partial charge in [-0.3, -0.25) is 9.69 Å². The van der Waals surface area contributed by atoms with Gasteiger partial charge in [0, 0.05) is 30.2 Å². The maximum atomic E-state index is 12.3. The molecule has 0 unspecified atom stereocenters. The number of nitrogens with zero attached hydrogens (tertiary/aromatic N) is 2. The number of hydrogen-bond donors (Lipinski definition) is 1. The fourth-order valence-corrected chi connectivity index (χ4v) is 3.39. The minimum absolute atomic E-state index is 0.0764. The van der Waals surface area contributed by atoms with Crippen LogP contribution in [0.4, 0.5) is 21.9 Å². The van der Waals surface area contributed by atoms with Gasteiger partial charge in [-0.25, -0.2) is 4.79 Å². The van der Waals surface area contributed by atoms with Crippen LogP contribution in [0.1, 0.15) is 5.56 Å². The fraction of sp³-hybridized carbons (Fsp3) is 0.333. The highest BCUT2D eigenvalue weighted by Gasteiger charge is 2.23. The van der Waals surface area contributed by atoms with Gasteiger partial charge in [0.2, 0.25) is 5.91 Å². The summed E-state index contributed by atoms with van der Waals surface area (Å²) in [4.78, 5) is 27.8. The van der Waals surface area contributed by atoms with Crippen LogP contribution >= 0.6 is 0 Å². The van der Waals surface area contributed by atoms with E-state index in [1.54, 1.807) is 29.2 Å². The van der Waals surface area contributed by atoms with Gasteiger partial charge < -0.3 is 19.7 Å². The van der Waals surface area contributed by atoms with Crippen molar-refractivity contribution in [3.8, 4) is 0 Å². The first-order valence-electron chi connectivity index (χ1n) is 9.45. The standard InChI is InChI=1S/C21H23N3O4/c25-20(15-16-1-5-18(6-2-16)23-9-12-27-13-10-23)22-17-3-7-19(8-4-17)24-11-14-28-21(24)26/h1-8H,9-15H2,(H,22,25). The lowest BCUT2D eigenvalue weighted by Gasteiger charge is -2.28. The summed E-state index contributed by atoms with van der Waals surface area (Å²) in [5.41, 5.74) is 3.58. The van der Waals surface area contributed by atoms with Crippen LogP contribution in [0.2, 0.25) is 0 Å². The summed E-state index contributed by atoms with van der Waals surface area (Å²) in [6, 6.07) is 15.3. The first kappa shape index (κ1) is 18.3. The van der Waals surface area contributed by atoms with E-state index < -0.39 is 0 Å². The molecule has 2 amide bonds. The van der Waals surface area contributed by atoms with Crippen LogP contribution in [0.5, 0.6) is 0 Å². The molecule has 1 N–H and O–H groups in total. The van der Waals surface area contributed by atoms with Gasteiger partial charge in [0.25, 0.3) is 0 Å². The number of benzene rings is 2. The monoisotopic (exact) mass is 381 g/mol. The second-order valence-electron chi connectivity index (χ2n) is 6.80. The first-order valence-corrected chi connectivity index (χ1v) is 9.45. The second-order valence-corrected chi connectivity index (χ2v) is 6.80. The summed E-state index contributed by atoms with van der Waals surface area (Å²) in [5, 5.41) is 2.90. The van der Waals surface area contributed by atoms with Gasteiger partial charge in [-0.1, -0.05) is 12.1 Å². The highest BCUT2D eigenvalue weighted by atomic mass is 16.6. The summed E-state index contributed by atoms with van der Waals surface area (Å²) in [7, 11) is 0. The lowest BCUT2D eigenvalue weighted by molar-refractivity contribution is -0.115. The number of amides is 2. The Morgan fingerprint density at radius 1 is 0.893 bits per heavy atom. The van der Waals surface area contributed by atoms with Crippen LogP contribution in [0.25, 0.3) is 0 Å². The molecule has 2 aliphatic heterocycles. The Hall–Kier alpha value is -3.06. The minimum Gasteiger partial charge on any atom is -0.447 e. The highest BCUT2D eigenvalue weighted by Crippen LogP contribution is 2.21. The highest BCUT2D eigenvalue weighted by molar-refractivity contribution is 5.93. The number of ether oxygens (including phenoxy) is 2. The van der Waals surface area contributed by atoms with Crippen molar-refractivity contribution in [2.24, 2.45) is 0 Å². The topological polar surface area (TPSA) is 71.1 Å². The third-order valence-electron chi connectivity index (χ3n) is 4.90. The lowest BCUT2D eigenvalue weighted by Crippen LogP contribution is -2.36. The predicted molar refractivity (Wildman–Crippen MR) is 107 cm³/mol. The normalized spacial score (nSPS) is 16.8. The third-order valence-corrected chi connectivity index (χ3v) is 4.90. The van der Waals surface area contributed by atoms with E-state index in [1.807, 2.05) is 12.1 Å². The molecule has 0 spiro atoms. The molecule has 0 aliphatic carbocycles. The lowest BCUT2D eigenvalue weighted by atomic mass is 10.1. The Kier molecular flexibility index (Phi) is 5.43. The number of morpholine rings is 1. The van der Waals surface area contributed by atoms with Crippen molar-refractivity contribution >= 4 is 29.1 Å². The smallest absolute Gasteiger partial charge is 0.414 e. The van der Waals surface area contributed by atoms with Crippen LogP contribution in [-0.4, -0.2) is 51.5 Å². The molecule has 7 heteroatoms. The third kappa shape index (κ3) is 4.26. The van der Waals surface area contributed by atoms with Gasteiger partial charge in [-0.05, 0) is 42.0 Å². The summed E-state index contributed by atoms with van der Waals surface area (Å²) >= 11 is 0. The van der Waals surface area contributed by atoms with Gasteiger partial charge in [-0.15, -0.1) is 0 Å². The van der Waals surface area contributed by atoms with Crippen molar-refractivity contribution in [2.75, 3.05) is 54.6 Å². The van der Waals surface area contributed by atoms with Crippen molar-refractivity contribution in [2.45, 2.75) is 6.42 Å². The SMILES string of the molecule is O=C(Cc1ccc(N2CCOCC2)cc1)Nc1ccc(N2CCOC2=O)cc1. The molecule has 2 heterocycles. The zero-order chi connectivity index (χ0) is 19.3. The molecule has 2 fully saturated rings.